The predicted molar refractivity (Wildman–Crippen MR) is 64.0 cm³/mol. The molecular weight excluding hydrogens is 210 g/mol. The first-order valence-electron chi connectivity index (χ1n) is 4.99. The highest BCUT2D eigenvalue weighted by atomic mass is 35.5. The molecule has 4 heteroatoms. The van der Waals surface area contributed by atoms with Gasteiger partial charge in [0.2, 0.25) is 0 Å². The summed E-state index contributed by atoms with van der Waals surface area (Å²) < 4.78 is 1.93. The van der Waals surface area contributed by atoms with Crippen molar-refractivity contribution in [2.45, 2.75) is 20.4 Å². The topological polar surface area (TPSA) is 43.8 Å². The third-order valence-electron chi connectivity index (χ3n) is 2.27. The van der Waals surface area contributed by atoms with E-state index in [1.165, 1.54) is 0 Å². The van der Waals surface area contributed by atoms with Crippen molar-refractivity contribution in [2.24, 2.45) is 5.92 Å². The average Bonchev–Trinajstić information content (AvgIpc) is 2.42. The number of fused-ring (bicyclic) bond motifs is 1. The summed E-state index contributed by atoms with van der Waals surface area (Å²) in [6.45, 7) is 5.17. The lowest BCUT2D eigenvalue weighted by molar-refractivity contribution is 0.495. The summed E-state index contributed by atoms with van der Waals surface area (Å²) in [7, 11) is 0. The maximum atomic E-state index is 6.05. The fourth-order valence-corrected chi connectivity index (χ4v) is 1.89. The van der Waals surface area contributed by atoms with Gasteiger partial charge < -0.3 is 5.73 Å². The zero-order chi connectivity index (χ0) is 11.0. The molecule has 15 heavy (non-hydrogen) atoms. The van der Waals surface area contributed by atoms with Gasteiger partial charge in [-0.3, -0.25) is 4.68 Å². The van der Waals surface area contributed by atoms with Crippen molar-refractivity contribution in [1.82, 2.24) is 9.78 Å². The third-order valence-corrected chi connectivity index (χ3v) is 2.55. The first-order valence-corrected chi connectivity index (χ1v) is 5.37. The molecule has 80 valence electrons. The van der Waals surface area contributed by atoms with E-state index in [1.54, 1.807) is 0 Å². The monoisotopic (exact) mass is 223 g/mol. The van der Waals surface area contributed by atoms with E-state index in [4.69, 9.17) is 17.3 Å². The standard InChI is InChI=1S/C11H14ClN3/c1-7(2)6-15-10-4-3-8(13)5-9(10)11(12)14-15/h3-5,7H,6,13H2,1-2H3. The molecule has 0 saturated heterocycles. The first kappa shape index (κ1) is 10.3. The molecule has 2 rings (SSSR count). The number of hydrogen-bond donors (Lipinski definition) is 1. The zero-order valence-corrected chi connectivity index (χ0v) is 9.62. The fraction of sp³-hybridized carbons (Fsp3) is 0.364. The predicted octanol–water partition coefficient (Wildman–Crippen LogP) is 2.93. The van der Waals surface area contributed by atoms with E-state index in [-0.39, 0.29) is 0 Å². The smallest absolute Gasteiger partial charge is 0.158 e. The second kappa shape index (κ2) is 3.74. The molecule has 0 aliphatic rings. The lowest BCUT2D eigenvalue weighted by atomic mass is 10.2. The molecular formula is C11H14ClN3. The minimum absolute atomic E-state index is 0.526. The molecule has 2 N–H and O–H groups in total. The summed E-state index contributed by atoms with van der Waals surface area (Å²) in [6.07, 6.45) is 0. The van der Waals surface area contributed by atoms with Crippen molar-refractivity contribution in [1.29, 1.82) is 0 Å². The Morgan fingerprint density at radius 3 is 2.87 bits per heavy atom. The van der Waals surface area contributed by atoms with Gasteiger partial charge in [0.1, 0.15) is 0 Å². The van der Waals surface area contributed by atoms with Crippen LogP contribution in [-0.2, 0) is 6.54 Å². The number of halogens is 1. The summed E-state index contributed by atoms with van der Waals surface area (Å²) in [4.78, 5) is 0. The Labute approximate surface area is 93.8 Å². The Morgan fingerprint density at radius 2 is 2.20 bits per heavy atom. The molecule has 3 nitrogen and oxygen atoms in total. The summed E-state index contributed by atoms with van der Waals surface area (Å²) in [5.41, 5.74) is 7.47. The van der Waals surface area contributed by atoms with Crippen LogP contribution in [0.5, 0.6) is 0 Å². The Balaban J connectivity index is 2.57. The van der Waals surface area contributed by atoms with Gasteiger partial charge in [0.15, 0.2) is 5.15 Å². The quantitative estimate of drug-likeness (QED) is 0.796. The minimum Gasteiger partial charge on any atom is -0.399 e. The molecule has 0 spiro atoms. The summed E-state index contributed by atoms with van der Waals surface area (Å²) >= 11 is 6.05. The van der Waals surface area contributed by atoms with Gasteiger partial charge in [0.25, 0.3) is 0 Å². The highest BCUT2D eigenvalue weighted by Gasteiger charge is 2.09. The van der Waals surface area contributed by atoms with Gasteiger partial charge in [-0.1, -0.05) is 25.4 Å². The molecule has 0 atom stereocenters. The molecule has 1 aromatic heterocycles. The van der Waals surface area contributed by atoms with E-state index in [2.05, 4.69) is 18.9 Å². The Kier molecular flexibility index (Phi) is 2.57. The average molecular weight is 224 g/mol. The first-order chi connectivity index (χ1) is 7.08. The van der Waals surface area contributed by atoms with Gasteiger partial charge in [-0.15, -0.1) is 0 Å². The summed E-state index contributed by atoms with van der Waals surface area (Å²) in [6, 6.07) is 5.70. The molecule has 0 saturated carbocycles. The van der Waals surface area contributed by atoms with E-state index >= 15 is 0 Å². The summed E-state index contributed by atoms with van der Waals surface area (Å²) in [5, 5.41) is 5.75. The second-order valence-electron chi connectivity index (χ2n) is 4.14. The Morgan fingerprint density at radius 1 is 1.47 bits per heavy atom. The lowest BCUT2D eigenvalue weighted by Crippen LogP contribution is -2.05. The molecule has 2 aromatic rings. The van der Waals surface area contributed by atoms with E-state index in [0.717, 1.165) is 17.4 Å². The zero-order valence-electron chi connectivity index (χ0n) is 8.87. The molecule has 0 amide bonds. The van der Waals surface area contributed by atoms with Crippen LogP contribution in [-0.4, -0.2) is 9.78 Å². The van der Waals surface area contributed by atoms with E-state index in [0.29, 0.717) is 16.8 Å². The highest BCUT2D eigenvalue weighted by Crippen LogP contribution is 2.25. The Hall–Kier alpha value is -1.22. The van der Waals surface area contributed by atoms with E-state index < -0.39 is 0 Å². The van der Waals surface area contributed by atoms with Crippen molar-refractivity contribution >= 4 is 28.2 Å². The summed E-state index contributed by atoms with van der Waals surface area (Å²) in [5.74, 6) is 0.543. The lowest BCUT2D eigenvalue weighted by Gasteiger charge is -2.05. The number of hydrogen-bond acceptors (Lipinski definition) is 2. The number of nitrogens with zero attached hydrogens (tertiary/aromatic N) is 2. The maximum absolute atomic E-state index is 6.05. The molecule has 0 bridgehead atoms. The maximum Gasteiger partial charge on any atom is 0.158 e. The van der Waals surface area contributed by atoms with Crippen LogP contribution in [0, 0.1) is 5.92 Å². The third kappa shape index (κ3) is 1.92. The van der Waals surface area contributed by atoms with Crippen LogP contribution in [0.1, 0.15) is 13.8 Å². The molecule has 0 radical (unpaired) electrons. The van der Waals surface area contributed by atoms with Crippen LogP contribution in [0.4, 0.5) is 5.69 Å². The van der Waals surface area contributed by atoms with Crippen LogP contribution in [0.2, 0.25) is 5.15 Å². The molecule has 0 fully saturated rings. The number of anilines is 1. The number of nitrogens with two attached hydrogens (primary N) is 1. The van der Waals surface area contributed by atoms with Gasteiger partial charge >= 0.3 is 0 Å². The number of benzene rings is 1. The van der Waals surface area contributed by atoms with Crippen molar-refractivity contribution < 1.29 is 0 Å². The van der Waals surface area contributed by atoms with Crippen LogP contribution in [0.15, 0.2) is 18.2 Å². The number of aromatic nitrogens is 2. The van der Waals surface area contributed by atoms with Crippen molar-refractivity contribution in [2.75, 3.05) is 5.73 Å². The highest BCUT2D eigenvalue weighted by molar-refractivity contribution is 6.34. The van der Waals surface area contributed by atoms with Crippen LogP contribution >= 0.6 is 11.6 Å². The van der Waals surface area contributed by atoms with Gasteiger partial charge in [-0.25, -0.2) is 0 Å². The molecule has 0 unspecified atom stereocenters. The Bertz CT molecular complexity index is 488. The number of nitrogen functional groups attached to an aromatic ring is 1. The van der Waals surface area contributed by atoms with Crippen molar-refractivity contribution in [3.8, 4) is 0 Å². The van der Waals surface area contributed by atoms with Crippen LogP contribution in [0.25, 0.3) is 10.9 Å². The molecule has 0 aliphatic carbocycles. The normalized spacial score (nSPS) is 11.5. The second-order valence-corrected chi connectivity index (χ2v) is 4.50. The van der Waals surface area contributed by atoms with Crippen molar-refractivity contribution in [3.63, 3.8) is 0 Å². The van der Waals surface area contributed by atoms with E-state index in [1.807, 2.05) is 22.9 Å². The van der Waals surface area contributed by atoms with Gasteiger partial charge in [-0.2, -0.15) is 5.10 Å². The van der Waals surface area contributed by atoms with E-state index in [9.17, 15) is 0 Å². The van der Waals surface area contributed by atoms with Crippen molar-refractivity contribution in [3.05, 3.63) is 23.4 Å². The van der Waals surface area contributed by atoms with Gasteiger partial charge in [0.05, 0.1) is 5.52 Å². The largest absolute Gasteiger partial charge is 0.399 e. The molecule has 0 aliphatic heterocycles. The van der Waals surface area contributed by atoms with Crippen LogP contribution < -0.4 is 5.73 Å². The fourth-order valence-electron chi connectivity index (χ4n) is 1.64. The molecule has 1 heterocycles. The molecule has 1 aromatic carbocycles. The van der Waals surface area contributed by atoms with Gasteiger partial charge in [-0.05, 0) is 24.1 Å². The SMILES string of the molecule is CC(C)Cn1nc(Cl)c2cc(N)ccc21. The van der Waals surface area contributed by atoms with Gasteiger partial charge in [0, 0.05) is 17.6 Å². The number of rotatable bonds is 2. The van der Waals surface area contributed by atoms with Crippen LogP contribution in [0.3, 0.4) is 0 Å². The minimum atomic E-state index is 0.526.